The van der Waals surface area contributed by atoms with Crippen LogP contribution in [0.5, 0.6) is 0 Å². The Balaban J connectivity index is 0. The van der Waals surface area contributed by atoms with Crippen LogP contribution in [0.3, 0.4) is 0 Å². The molecule has 0 amide bonds. The monoisotopic (exact) mass is 332 g/mol. The van der Waals surface area contributed by atoms with Gasteiger partial charge in [-0.15, -0.1) is 0 Å². The fourth-order valence-electron chi connectivity index (χ4n) is 1.14. The topological polar surface area (TPSA) is 43.4 Å². The van der Waals surface area contributed by atoms with Gasteiger partial charge in [-0.2, -0.15) is 0 Å². The van der Waals surface area contributed by atoms with E-state index < -0.39 is 5.41 Å². The number of carbonyl (C=O) groups excluding carboxylic acids is 2. The lowest BCUT2D eigenvalue weighted by Gasteiger charge is -2.26. The second-order valence-electron chi connectivity index (χ2n) is 10.2. The van der Waals surface area contributed by atoms with E-state index in [1.165, 1.54) is 0 Å². The van der Waals surface area contributed by atoms with Gasteiger partial charge in [0.1, 0.15) is 6.54 Å². The average molecular weight is 333 g/mol. The van der Waals surface area contributed by atoms with Gasteiger partial charge in [-0.1, -0.05) is 20.8 Å². The highest BCUT2D eigenvalue weighted by atomic mass is 16.5. The normalized spacial score (nSPS) is 13.0. The van der Waals surface area contributed by atoms with Crippen molar-refractivity contribution in [2.45, 2.75) is 41.5 Å². The quantitative estimate of drug-likeness (QED) is 0.451. The minimum atomic E-state index is -0.394. The second-order valence-corrected chi connectivity index (χ2v) is 10.2. The Morgan fingerprint density at radius 1 is 0.739 bits per heavy atom. The number of ether oxygens (including phenoxy) is 1. The number of Topliss-reactive ketones (excluding diaryl/α,β-unsaturated/α-hetero) is 1. The van der Waals surface area contributed by atoms with Gasteiger partial charge in [-0.25, -0.2) is 0 Å². The zero-order chi connectivity index (χ0) is 19.3. The summed E-state index contributed by atoms with van der Waals surface area (Å²) < 4.78 is 6.46. The van der Waals surface area contributed by atoms with Crippen molar-refractivity contribution in [1.82, 2.24) is 0 Å². The van der Waals surface area contributed by atoms with Crippen LogP contribution in [0.15, 0.2) is 0 Å². The van der Waals surface area contributed by atoms with Gasteiger partial charge in [0, 0.05) is 5.41 Å². The number of ketones is 1. The zero-order valence-corrected chi connectivity index (χ0v) is 17.5. The Kier molecular flexibility index (Phi) is 8.72. The summed E-state index contributed by atoms with van der Waals surface area (Å²) in [6.07, 6.45) is 0. The van der Waals surface area contributed by atoms with Crippen molar-refractivity contribution in [2.75, 3.05) is 55.6 Å². The standard InChI is InChI=1S/C9H20NO2.C9H20NO/c1-9(2,3)8(11)12-7-10(4,5)6;1-9(2,3)8(11)7-10(4,5)6/h7H2,1-6H3;7H2,1-6H3/q2*+1. The van der Waals surface area contributed by atoms with Crippen molar-refractivity contribution in [3.63, 3.8) is 0 Å². The molecule has 0 atom stereocenters. The SMILES string of the molecule is CC(C)(C)C(=O)C[N+](C)(C)C.CC(C)(C)C(=O)OC[N+](C)(C)C. The highest BCUT2D eigenvalue weighted by Gasteiger charge is 2.26. The zero-order valence-electron chi connectivity index (χ0n) is 17.5. The molecule has 0 saturated carbocycles. The smallest absolute Gasteiger partial charge is 0.315 e. The van der Waals surface area contributed by atoms with Crippen molar-refractivity contribution < 1.29 is 23.3 Å². The molecule has 5 heteroatoms. The number of esters is 1. The summed E-state index contributed by atoms with van der Waals surface area (Å²) in [6, 6.07) is 0. The van der Waals surface area contributed by atoms with E-state index in [0.717, 1.165) is 4.48 Å². The van der Waals surface area contributed by atoms with Crippen LogP contribution in [-0.2, 0) is 14.3 Å². The minimum Gasteiger partial charge on any atom is -0.415 e. The number of carbonyl (C=O) groups is 2. The van der Waals surface area contributed by atoms with Crippen molar-refractivity contribution in [3.05, 3.63) is 0 Å². The predicted octanol–water partition coefficient (Wildman–Crippen LogP) is 2.55. The van der Waals surface area contributed by atoms with Gasteiger partial charge in [0.25, 0.3) is 0 Å². The first-order chi connectivity index (χ1) is 9.76. The second kappa shape index (κ2) is 8.25. The van der Waals surface area contributed by atoms with E-state index in [0.29, 0.717) is 23.5 Å². The molecule has 0 aliphatic heterocycles. The Labute approximate surface area is 143 Å². The van der Waals surface area contributed by atoms with E-state index in [-0.39, 0.29) is 11.4 Å². The first-order valence-corrected chi connectivity index (χ1v) is 8.07. The maximum atomic E-state index is 11.5. The van der Waals surface area contributed by atoms with Crippen molar-refractivity contribution >= 4 is 11.8 Å². The minimum absolute atomic E-state index is 0.143. The lowest BCUT2D eigenvalue weighted by molar-refractivity contribution is -0.888. The summed E-state index contributed by atoms with van der Waals surface area (Å²) in [5.41, 5.74) is -0.583. The van der Waals surface area contributed by atoms with Crippen LogP contribution in [0, 0.1) is 10.8 Å². The van der Waals surface area contributed by atoms with Gasteiger partial charge >= 0.3 is 5.97 Å². The predicted molar refractivity (Wildman–Crippen MR) is 95.8 cm³/mol. The molecule has 23 heavy (non-hydrogen) atoms. The van der Waals surface area contributed by atoms with E-state index in [1.807, 2.05) is 83.8 Å². The molecule has 0 aromatic carbocycles. The highest BCUT2D eigenvalue weighted by Crippen LogP contribution is 2.16. The van der Waals surface area contributed by atoms with E-state index in [1.54, 1.807) is 0 Å². The lowest BCUT2D eigenvalue weighted by atomic mass is 9.90. The van der Waals surface area contributed by atoms with Gasteiger partial charge in [-0.05, 0) is 20.8 Å². The first kappa shape index (κ1) is 24.3. The molecule has 0 rings (SSSR count). The van der Waals surface area contributed by atoms with Gasteiger partial charge in [-0.3, -0.25) is 14.1 Å². The molecule has 5 nitrogen and oxygen atoms in total. The fraction of sp³-hybridized carbons (Fsp3) is 0.889. The summed E-state index contributed by atoms with van der Waals surface area (Å²) in [4.78, 5) is 22.7. The van der Waals surface area contributed by atoms with Crippen molar-refractivity contribution in [1.29, 1.82) is 0 Å². The average Bonchev–Trinajstić information content (AvgIpc) is 2.20. The van der Waals surface area contributed by atoms with Crippen molar-refractivity contribution in [3.8, 4) is 0 Å². The van der Waals surface area contributed by atoms with Gasteiger partial charge in [0.05, 0.1) is 47.7 Å². The number of likely N-dealkylation sites (N-methyl/N-ethyl adjacent to an activating group) is 1. The summed E-state index contributed by atoms with van der Waals surface area (Å²) >= 11 is 0. The van der Waals surface area contributed by atoms with Gasteiger partial charge in [0.2, 0.25) is 6.73 Å². The molecule has 0 radical (unpaired) electrons. The molecule has 0 aromatic heterocycles. The van der Waals surface area contributed by atoms with Crippen molar-refractivity contribution in [2.24, 2.45) is 10.8 Å². The summed E-state index contributed by atoms with van der Waals surface area (Å²) in [5, 5.41) is 0. The third kappa shape index (κ3) is 15.7. The summed E-state index contributed by atoms with van der Waals surface area (Å²) in [7, 11) is 12.0. The molecule has 0 aliphatic rings. The number of quaternary nitrogens is 2. The summed E-state index contributed by atoms with van der Waals surface area (Å²) in [5.74, 6) is 0.181. The van der Waals surface area contributed by atoms with Crippen LogP contribution in [0.2, 0.25) is 0 Å². The lowest BCUT2D eigenvalue weighted by Crippen LogP contribution is -2.43. The third-order valence-corrected chi connectivity index (χ3v) is 2.65. The van der Waals surface area contributed by atoms with E-state index in [2.05, 4.69) is 0 Å². The largest absolute Gasteiger partial charge is 0.415 e. The van der Waals surface area contributed by atoms with Crippen LogP contribution >= 0.6 is 0 Å². The molecule has 0 aliphatic carbocycles. The number of nitrogens with zero attached hydrogens (tertiary/aromatic N) is 2. The molecule has 0 aromatic rings. The molecule has 0 bridgehead atoms. The molecule has 0 fully saturated rings. The Hall–Kier alpha value is -0.940. The molecule has 0 heterocycles. The Morgan fingerprint density at radius 3 is 1.30 bits per heavy atom. The van der Waals surface area contributed by atoms with E-state index >= 15 is 0 Å². The maximum absolute atomic E-state index is 11.5. The number of rotatable bonds is 4. The van der Waals surface area contributed by atoms with E-state index in [4.69, 9.17) is 4.74 Å². The van der Waals surface area contributed by atoms with Crippen LogP contribution in [0.25, 0.3) is 0 Å². The van der Waals surface area contributed by atoms with Crippen LogP contribution < -0.4 is 0 Å². The fourth-order valence-corrected chi connectivity index (χ4v) is 1.14. The molecule has 0 saturated heterocycles. The molecule has 138 valence electrons. The molecular weight excluding hydrogens is 292 g/mol. The van der Waals surface area contributed by atoms with Crippen LogP contribution in [-0.4, -0.2) is 76.3 Å². The highest BCUT2D eigenvalue weighted by molar-refractivity contribution is 5.84. The number of hydrogen-bond acceptors (Lipinski definition) is 3. The van der Waals surface area contributed by atoms with E-state index in [9.17, 15) is 9.59 Å². The molecular formula is C18H40N2O3+2. The van der Waals surface area contributed by atoms with Crippen LogP contribution in [0.4, 0.5) is 0 Å². The number of hydrogen-bond donors (Lipinski definition) is 0. The summed E-state index contributed by atoms with van der Waals surface area (Å²) in [6.45, 7) is 12.5. The van der Waals surface area contributed by atoms with Gasteiger partial charge < -0.3 is 9.22 Å². The Bertz CT molecular complexity index is 388. The maximum Gasteiger partial charge on any atom is 0.315 e. The molecule has 0 spiro atoms. The Morgan fingerprint density at radius 2 is 1.13 bits per heavy atom. The first-order valence-electron chi connectivity index (χ1n) is 8.07. The van der Waals surface area contributed by atoms with Gasteiger partial charge in [0.15, 0.2) is 5.78 Å². The van der Waals surface area contributed by atoms with Crippen LogP contribution in [0.1, 0.15) is 41.5 Å². The molecule has 0 N–H and O–H groups in total. The third-order valence-electron chi connectivity index (χ3n) is 2.65. The molecule has 0 unspecified atom stereocenters.